The van der Waals surface area contributed by atoms with E-state index in [-0.39, 0.29) is 11.7 Å². The lowest BCUT2D eigenvalue weighted by molar-refractivity contribution is -0.122. The van der Waals surface area contributed by atoms with Crippen LogP contribution in [0.5, 0.6) is 0 Å². The highest BCUT2D eigenvalue weighted by Crippen LogP contribution is 1.84. The average molecular weight is 228 g/mol. The number of ether oxygens (including phenoxy) is 1. The average Bonchev–Trinajstić information content (AvgIpc) is 2.17. The number of ketones is 1. The van der Waals surface area contributed by atoms with Gasteiger partial charge in [-0.1, -0.05) is 6.08 Å². The van der Waals surface area contributed by atoms with E-state index in [4.69, 9.17) is 4.74 Å². The quantitative estimate of drug-likeness (QED) is 0.463. The summed E-state index contributed by atoms with van der Waals surface area (Å²) in [6.07, 6.45) is 3.24. The molecule has 1 amide bonds. The SMILES string of the molecule is COCCNC(=O)CN(C)C/C=C/C(C)=O. The second kappa shape index (κ2) is 9.06. The maximum absolute atomic E-state index is 11.3. The van der Waals surface area contributed by atoms with Gasteiger partial charge in [0.15, 0.2) is 5.78 Å². The van der Waals surface area contributed by atoms with E-state index in [9.17, 15) is 9.59 Å². The summed E-state index contributed by atoms with van der Waals surface area (Å²) >= 11 is 0. The fourth-order valence-electron chi connectivity index (χ4n) is 1.06. The predicted octanol–water partition coefficient (Wildman–Crippen LogP) is -0.174. The largest absolute Gasteiger partial charge is 0.383 e. The molecule has 5 nitrogen and oxygen atoms in total. The highest BCUT2D eigenvalue weighted by Gasteiger charge is 2.03. The van der Waals surface area contributed by atoms with Crippen LogP contribution in [-0.4, -0.2) is 57.0 Å². The lowest BCUT2D eigenvalue weighted by Gasteiger charge is -2.13. The van der Waals surface area contributed by atoms with E-state index in [1.54, 1.807) is 13.2 Å². The number of allylic oxidation sites excluding steroid dienone is 1. The smallest absolute Gasteiger partial charge is 0.234 e. The summed E-state index contributed by atoms with van der Waals surface area (Å²) < 4.78 is 4.81. The van der Waals surface area contributed by atoms with Crippen molar-refractivity contribution in [2.45, 2.75) is 6.92 Å². The number of rotatable bonds is 8. The number of amides is 1. The van der Waals surface area contributed by atoms with E-state index in [2.05, 4.69) is 5.32 Å². The molecule has 0 aromatic heterocycles. The third-order valence-electron chi connectivity index (χ3n) is 1.81. The number of hydrogen-bond acceptors (Lipinski definition) is 4. The Balaban J connectivity index is 3.65. The summed E-state index contributed by atoms with van der Waals surface area (Å²) in [4.78, 5) is 23.8. The van der Waals surface area contributed by atoms with Crippen LogP contribution in [0.3, 0.4) is 0 Å². The molecule has 0 aliphatic rings. The van der Waals surface area contributed by atoms with Crippen LogP contribution >= 0.6 is 0 Å². The molecule has 0 atom stereocenters. The van der Waals surface area contributed by atoms with Crippen LogP contribution in [0.2, 0.25) is 0 Å². The summed E-state index contributed by atoms with van der Waals surface area (Å²) in [6.45, 7) is 3.42. The second-order valence-electron chi connectivity index (χ2n) is 3.55. The minimum atomic E-state index is -0.0456. The molecule has 16 heavy (non-hydrogen) atoms. The monoisotopic (exact) mass is 228 g/mol. The van der Waals surface area contributed by atoms with Crippen molar-refractivity contribution < 1.29 is 14.3 Å². The minimum Gasteiger partial charge on any atom is -0.383 e. The maximum atomic E-state index is 11.3. The first-order chi connectivity index (χ1) is 7.56. The van der Waals surface area contributed by atoms with Gasteiger partial charge in [0.1, 0.15) is 0 Å². The molecule has 0 aromatic carbocycles. The summed E-state index contributed by atoms with van der Waals surface area (Å²) in [5.41, 5.74) is 0. The molecular weight excluding hydrogens is 208 g/mol. The minimum absolute atomic E-state index is 0.0120. The Morgan fingerprint density at radius 3 is 2.69 bits per heavy atom. The zero-order valence-corrected chi connectivity index (χ0v) is 10.2. The lowest BCUT2D eigenvalue weighted by Crippen LogP contribution is -2.36. The van der Waals surface area contributed by atoms with E-state index in [1.807, 2.05) is 11.9 Å². The van der Waals surface area contributed by atoms with Gasteiger partial charge in [-0.3, -0.25) is 14.5 Å². The van der Waals surface area contributed by atoms with Gasteiger partial charge in [0, 0.05) is 20.2 Å². The van der Waals surface area contributed by atoms with Crippen LogP contribution in [0.15, 0.2) is 12.2 Å². The fourth-order valence-corrected chi connectivity index (χ4v) is 1.06. The molecular formula is C11H20N2O3. The van der Waals surface area contributed by atoms with Gasteiger partial charge in [-0.05, 0) is 20.0 Å². The van der Waals surface area contributed by atoms with Gasteiger partial charge >= 0.3 is 0 Å². The molecule has 0 unspecified atom stereocenters. The number of hydrogen-bond donors (Lipinski definition) is 1. The van der Waals surface area contributed by atoms with E-state index >= 15 is 0 Å². The van der Waals surface area contributed by atoms with E-state index in [0.29, 0.717) is 26.2 Å². The van der Waals surface area contributed by atoms with Crippen molar-refractivity contribution in [1.29, 1.82) is 0 Å². The molecule has 0 spiro atoms. The standard InChI is InChI=1S/C11H20N2O3/c1-10(14)5-4-7-13(2)9-11(15)12-6-8-16-3/h4-5H,6-9H2,1-3H3,(H,12,15)/b5-4+. The molecule has 5 heteroatoms. The number of nitrogens with one attached hydrogen (secondary N) is 1. The number of methoxy groups -OCH3 is 1. The summed E-state index contributed by atoms with van der Waals surface area (Å²) in [7, 11) is 3.41. The van der Waals surface area contributed by atoms with Crippen LogP contribution in [0, 0.1) is 0 Å². The zero-order chi connectivity index (χ0) is 12.4. The zero-order valence-electron chi connectivity index (χ0n) is 10.2. The van der Waals surface area contributed by atoms with E-state index in [0.717, 1.165) is 0 Å². The maximum Gasteiger partial charge on any atom is 0.234 e. The van der Waals surface area contributed by atoms with Gasteiger partial charge in [-0.2, -0.15) is 0 Å². The van der Waals surface area contributed by atoms with Gasteiger partial charge < -0.3 is 10.1 Å². The van der Waals surface area contributed by atoms with Crippen LogP contribution in [0.4, 0.5) is 0 Å². The fraction of sp³-hybridized carbons (Fsp3) is 0.636. The Labute approximate surface area is 96.4 Å². The normalized spacial score (nSPS) is 11.0. The van der Waals surface area contributed by atoms with Crippen molar-refractivity contribution in [2.24, 2.45) is 0 Å². The summed E-state index contributed by atoms with van der Waals surface area (Å²) in [5, 5.41) is 2.72. The number of carbonyl (C=O) groups excluding carboxylic acids is 2. The third-order valence-corrected chi connectivity index (χ3v) is 1.81. The molecule has 0 fully saturated rings. The van der Waals surface area contributed by atoms with Gasteiger partial charge in [0.25, 0.3) is 0 Å². The van der Waals surface area contributed by atoms with Crippen molar-refractivity contribution in [1.82, 2.24) is 10.2 Å². The highest BCUT2D eigenvalue weighted by molar-refractivity contribution is 5.87. The molecule has 1 N–H and O–H groups in total. The first-order valence-electron chi connectivity index (χ1n) is 5.17. The van der Waals surface area contributed by atoms with Crippen LogP contribution < -0.4 is 5.32 Å². The Hall–Kier alpha value is -1.20. The Morgan fingerprint density at radius 1 is 1.44 bits per heavy atom. The van der Waals surface area contributed by atoms with Crippen LogP contribution in [-0.2, 0) is 14.3 Å². The first-order valence-corrected chi connectivity index (χ1v) is 5.17. The lowest BCUT2D eigenvalue weighted by atomic mass is 10.3. The van der Waals surface area contributed by atoms with Crippen LogP contribution in [0.1, 0.15) is 6.92 Å². The van der Waals surface area contributed by atoms with Gasteiger partial charge in [0.2, 0.25) is 5.91 Å². The molecule has 0 rings (SSSR count). The number of nitrogens with zero attached hydrogens (tertiary/aromatic N) is 1. The molecule has 0 aliphatic heterocycles. The Morgan fingerprint density at radius 2 is 2.12 bits per heavy atom. The number of carbonyl (C=O) groups is 2. The molecule has 0 bridgehead atoms. The number of likely N-dealkylation sites (N-methyl/N-ethyl adjacent to an activating group) is 1. The first kappa shape index (κ1) is 14.8. The summed E-state index contributed by atoms with van der Waals surface area (Å²) in [6, 6.07) is 0. The van der Waals surface area contributed by atoms with Crippen molar-refractivity contribution in [3.05, 3.63) is 12.2 Å². The molecule has 0 radical (unpaired) electrons. The van der Waals surface area contributed by atoms with Gasteiger partial charge in [0.05, 0.1) is 13.2 Å². The topological polar surface area (TPSA) is 58.6 Å². The van der Waals surface area contributed by atoms with Crippen LogP contribution in [0.25, 0.3) is 0 Å². The summed E-state index contributed by atoms with van der Waals surface area (Å²) in [5.74, 6) is -0.0336. The van der Waals surface area contributed by atoms with Crippen molar-refractivity contribution in [3.63, 3.8) is 0 Å². The molecule has 0 aromatic rings. The second-order valence-corrected chi connectivity index (χ2v) is 3.55. The van der Waals surface area contributed by atoms with Gasteiger partial charge in [-0.15, -0.1) is 0 Å². The van der Waals surface area contributed by atoms with Gasteiger partial charge in [-0.25, -0.2) is 0 Å². The van der Waals surface area contributed by atoms with E-state index < -0.39 is 0 Å². The van der Waals surface area contributed by atoms with Crippen molar-refractivity contribution >= 4 is 11.7 Å². The van der Waals surface area contributed by atoms with Crippen molar-refractivity contribution in [3.8, 4) is 0 Å². The van der Waals surface area contributed by atoms with Crippen molar-refractivity contribution in [2.75, 3.05) is 40.4 Å². The molecule has 0 heterocycles. The Bertz CT molecular complexity index is 252. The Kier molecular flexibility index (Phi) is 8.38. The molecule has 0 saturated heterocycles. The van der Waals surface area contributed by atoms with E-state index in [1.165, 1.54) is 13.0 Å². The highest BCUT2D eigenvalue weighted by atomic mass is 16.5. The third kappa shape index (κ3) is 9.36. The molecule has 92 valence electrons. The molecule has 0 aliphatic carbocycles. The predicted molar refractivity (Wildman–Crippen MR) is 62.2 cm³/mol. The molecule has 0 saturated carbocycles.